The van der Waals surface area contributed by atoms with Crippen molar-refractivity contribution in [1.82, 2.24) is 0 Å². The summed E-state index contributed by atoms with van der Waals surface area (Å²) >= 11 is 0. The van der Waals surface area contributed by atoms with E-state index in [1.54, 1.807) is 0 Å². The second kappa shape index (κ2) is 4.31. The summed E-state index contributed by atoms with van der Waals surface area (Å²) in [5, 5.41) is 2.03. The van der Waals surface area contributed by atoms with Crippen molar-refractivity contribution in [3.05, 3.63) is 30.3 Å². The largest absolute Gasteiger partial charge is 0.491 e. The Morgan fingerprint density at radius 2 is 1.88 bits per heavy atom. The molecule has 0 aromatic heterocycles. The van der Waals surface area contributed by atoms with E-state index in [1.807, 2.05) is 30.3 Å². The van der Waals surface area contributed by atoms with Crippen LogP contribution in [0.15, 0.2) is 30.3 Å². The van der Waals surface area contributed by atoms with Crippen LogP contribution < -0.4 is 16.2 Å². The van der Waals surface area contributed by atoms with Crippen LogP contribution in [-0.2, 0) is 0 Å². The Morgan fingerprint density at radius 1 is 1.12 bits per heavy atom. The third-order valence-electron chi connectivity index (χ3n) is 2.51. The van der Waals surface area contributed by atoms with Crippen molar-refractivity contribution in [1.29, 1.82) is 0 Å². The lowest BCUT2D eigenvalue weighted by Gasteiger charge is -2.10. The molecule has 0 saturated heterocycles. The first-order chi connectivity index (χ1) is 7.72. The molecule has 0 aliphatic carbocycles. The second-order valence-corrected chi connectivity index (χ2v) is 3.81. The lowest BCUT2D eigenvalue weighted by atomic mass is 10.1. The van der Waals surface area contributed by atoms with Crippen LogP contribution in [0, 0.1) is 0 Å². The predicted octanol–water partition coefficient (Wildman–Crippen LogP) is 2.79. The first-order valence-electron chi connectivity index (χ1n) is 5.43. The molecule has 0 saturated carbocycles. The standard InChI is InChI=1S/C13H16N2O/c1-2-7-16-12-6-4-9-3-5-10(14)8-11(9)13(12)15/h3-6,8H,2,7,14-15H2,1H3. The summed E-state index contributed by atoms with van der Waals surface area (Å²) in [6, 6.07) is 9.61. The number of rotatable bonds is 3. The zero-order valence-corrected chi connectivity index (χ0v) is 9.36. The monoisotopic (exact) mass is 216 g/mol. The van der Waals surface area contributed by atoms with Crippen molar-refractivity contribution < 1.29 is 4.74 Å². The van der Waals surface area contributed by atoms with E-state index in [2.05, 4.69) is 6.92 Å². The van der Waals surface area contributed by atoms with Gasteiger partial charge in [-0.2, -0.15) is 0 Å². The smallest absolute Gasteiger partial charge is 0.142 e. The van der Waals surface area contributed by atoms with Crippen molar-refractivity contribution in [3.8, 4) is 5.75 Å². The molecule has 16 heavy (non-hydrogen) atoms. The first-order valence-corrected chi connectivity index (χ1v) is 5.43. The molecule has 3 heteroatoms. The van der Waals surface area contributed by atoms with Crippen molar-refractivity contribution in [2.24, 2.45) is 0 Å². The Balaban J connectivity index is 2.50. The van der Waals surface area contributed by atoms with E-state index in [0.717, 1.165) is 22.9 Å². The van der Waals surface area contributed by atoms with Gasteiger partial charge in [-0.25, -0.2) is 0 Å². The van der Waals surface area contributed by atoms with Gasteiger partial charge in [-0.15, -0.1) is 0 Å². The van der Waals surface area contributed by atoms with E-state index < -0.39 is 0 Å². The van der Waals surface area contributed by atoms with E-state index in [9.17, 15) is 0 Å². The van der Waals surface area contributed by atoms with Gasteiger partial charge in [0, 0.05) is 11.1 Å². The Morgan fingerprint density at radius 3 is 2.62 bits per heavy atom. The van der Waals surface area contributed by atoms with Crippen LogP contribution >= 0.6 is 0 Å². The maximum Gasteiger partial charge on any atom is 0.142 e. The number of anilines is 2. The summed E-state index contributed by atoms with van der Waals surface area (Å²) in [5.74, 6) is 0.736. The normalized spacial score (nSPS) is 10.6. The quantitative estimate of drug-likeness (QED) is 0.775. The Bertz CT molecular complexity index is 509. The molecule has 3 nitrogen and oxygen atoms in total. The van der Waals surface area contributed by atoms with Crippen LogP contribution in [-0.4, -0.2) is 6.61 Å². The summed E-state index contributed by atoms with van der Waals surface area (Å²) in [6.07, 6.45) is 0.967. The van der Waals surface area contributed by atoms with Gasteiger partial charge in [0.15, 0.2) is 0 Å². The SMILES string of the molecule is CCCOc1ccc2ccc(N)cc2c1N. The molecule has 4 N–H and O–H groups in total. The highest BCUT2D eigenvalue weighted by molar-refractivity contribution is 5.97. The zero-order chi connectivity index (χ0) is 11.5. The van der Waals surface area contributed by atoms with Gasteiger partial charge in [0.2, 0.25) is 0 Å². The summed E-state index contributed by atoms with van der Waals surface area (Å²) in [6.45, 7) is 2.74. The van der Waals surface area contributed by atoms with Gasteiger partial charge in [-0.3, -0.25) is 0 Å². The highest BCUT2D eigenvalue weighted by atomic mass is 16.5. The van der Waals surface area contributed by atoms with Crippen LogP contribution in [0.3, 0.4) is 0 Å². The fourth-order valence-corrected chi connectivity index (χ4v) is 1.68. The summed E-state index contributed by atoms with van der Waals surface area (Å²) in [5.41, 5.74) is 13.2. The third-order valence-corrected chi connectivity index (χ3v) is 2.51. The number of nitrogens with two attached hydrogens (primary N) is 2. The van der Waals surface area contributed by atoms with Crippen LogP contribution in [0.5, 0.6) is 5.75 Å². The summed E-state index contributed by atoms with van der Waals surface area (Å²) < 4.78 is 5.57. The molecule has 0 spiro atoms. The van der Waals surface area contributed by atoms with Crippen LogP contribution in [0.25, 0.3) is 10.8 Å². The first kappa shape index (κ1) is 10.6. The molecule has 0 atom stereocenters. The number of hydrogen-bond donors (Lipinski definition) is 2. The topological polar surface area (TPSA) is 61.3 Å². The molecule has 0 fully saturated rings. The summed E-state index contributed by atoms with van der Waals surface area (Å²) in [4.78, 5) is 0. The molecule has 84 valence electrons. The van der Waals surface area contributed by atoms with Gasteiger partial charge in [-0.05, 0) is 30.0 Å². The van der Waals surface area contributed by atoms with E-state index in [0.29, 0.717) is 18.0 Å². The molecule has 2 aromatic rings. The molecule has 0 aliphatic heterocycles. The predicted molar refractivity (Wildman–Crippen MR) is 68.6 cm³/mol. The molecular weight excluding hydrogens is 200 g/mol. The lowest BCUT2D eigenvalue weighted by molar-refractivity contribution is 0.319. The highest BCUT2D eigenvalue weighted by Gasteiger charge is 2.05. The Kier molecular flexibility index (Phi) is 2.86. The van der Waals surface area contributed by atoms with Gasteiger partial charge in [0.1, 0.15) is 5.75 Å². The number of ether oxygens (including phenoxy) is 1. The molecule has 0 unspecified atom stereocenters. The van der Waals surface area contributed by atoms with E-state index >= 15 is 0 Å². The van der Waals surface area contributed by atoms with Gasteiger partial charge in [-0.1, -0.05) is 19.1 Å². The van der Waals surface area contributed by atoms with Gasteiger partial charge in [0.05, 0.1) is 12.3 Å². The lowest BCUT2D eigenvalue weighted by Crippen LogP contribution is -1.99. The molecular formula is C13H16N2O. The van der Waals surface area contributed by atoms with Crippen LogP contribution in [0.4, 0.5) is 11.4 Å². The summed E-state index contributed by atoms with van der Waals surface area (Å²) in [7, 11) is 0. The average Bonchev–Trinajstić information content (AvgIpc) is 2.29. The maximum atomic E-state index is 6.05. The van der Waals surface area contributed by atoms with Crippen LogP contribution in [0.2, 0.25) is 0 Å². The van der Waals surface area contributed by atoms with Gasteiger partial charge < -0.3 is 16.2 Å². The van der Waals surface area contributed by atoms with E-state index in [1.165, 1.54) is 0 Å². The maximum absolute atomic E-state index is 6.05. The minimum absolute atomic E-state index is 0.665. The van der Waals surface area contributed by atoms with Crippen molar-refractivity contribution in [3.63, 3.8) is 0 Å². The van der Waals surface area contributed by atoms with Crippen molar-refractivity contribution in [2.45, 2.75) is 13.3 Å². The second-order valence-electron chi connectivity index (χ2n) is 3.81. The number of nitrogen functional groups attached to an aromatic ring is 2. The van der Waals surface area contributed by atoms with Crippen LogP contribution in [0.1, 0.15) is 13.3 Å². The van der Waals surface area contributed by atoms with Crippen molar-refractivity contribution in [2.75, 3.05) is 18.1 Å². The molecule has 0 radical (unpaired) electrons. The number of benzene rings is 2. The van der Waals surface area contributed by atoms with Gasteiger partial charge in [0.25, 0.3) is 0 Å². The minimum atomic E-state index is 0.665. The average molecular weight is 216 g/mol. The molecule has 0 aliphatic rings. The number of fused-ring (bicyclic) bond motifs is 1. The molecule has 2 aromatic carbocycles. The molecule has 0 heterocycles. The van der Waals surface area contributed by atoms with Crippen molar-refractivity contribution >= 4 is 22.1 Å². The Labute approximate surface area is 95.0 Å². The zero-order valence-electron chi connectivity index (χ0n) is 9.36. The molecule has 2 rings (SSSR count). The highest BCUT2D eigenvalue weighted by Crippen LogP contribution is 2.31. The molecule has 0 bridgehead atoms. The fraction of sp³-hybridized carbons (Fsp3) is 0.231. The third kappa shape index (κ3) is 1.89. The number of hydrogen-bond acceptors (Lipinski definition) is 3. The van der Waals surface area contributed by atoms with E-state index in [-0.39, 0.29) is 0 Å². The fourth-order valence-electron chi connectivity index (χ4n) is 1.68. The Hall–Kier alpha value is -1.90. The minimum Gasteiger partial charge on any atom is -0.491 e. The molecule has 0 amide bonds. The van der Waals surface area contributed by atoms with Gasteiger partial charge >= 0.3 is 0 Å². The van der Waals surface area contributed by atoms with E-state index in [4.69, 9.17) is 16.2 Å².